The summed E-state index contributed by atoms with van der Waals surface area (Å²) in [5, 5.41) is 0. The third kappa shape index (κ3) is 4.30. The predicted molar refractivity (Wildman–Crippen MR) is 53.1 cm³/mol. The topological polar surface area (TPSA) is 40.9 Å². The third-order valence-electron chi connectivity index (χ3n) is 2.98. The molecule has 0 heterocycles. The van der Waals surface area contributed by atoms with E-state index in [0.717, 1.165) is 25.7 Å². The van der Waals surface area contributed by atoms with E-state index in [4.69, 9.17) is 5.73 Å². The molecule has 0 atom stereocenters. The van der Waals surface area contributed by atoms with E-state index >= 15 is 0 Å². The normalized spacial score (nSPS) is 22.5. The van der Waals surface area contributed by atoms with Gasteiger partial charge < -0.3 is 0 Å². The Morgan fingerprint density at radius 2 is 1.23 bits per heavy atom. The van der Waals surface area contributed by atoms with Crippen LogP contribution in [0.1, 0.15) is 57.8 Å². The fraction of sp³-hybridized carbons (Fsp3) is 0.909. The maximum absolute atomic E-state index is 10.9. The van der Waals surface area contributed by atoms with Crippen molar-refractivity contribution in [1.29, 1.82) is 0 Å². The van der Waals surface area contributed by atoms with Crippen molar-refractivity contribution in [3.05, 3.63) is 0 Å². The number of hydrogen-bond donors (Lipinski definition) is 0. The van der Waals surface area contributed by atoms with Crippen LogP contribution in [-0.2, 0) is 4.79 Å². The van der Waals surface area contributed by atoms with E-state index < -0.39 is 0 Å². The van der Waals surface area contributed by atoms with Crippen molar-refractivity contribution in [2.24, 2.45) is 5.92 Å². The number of rotatable bonds is 1. The zero-order valence-corrected chi connectivity index (χ0v) is 8.35. The Bertz CT molecular complexity index is 146. The van der Waals surface area contributed by atoms with Gasteiger partial charge in [0.05, 0.1) is 0 Å². The summed E-state index contributed by atoms with van der Waals surface area (Å²) in [4.78, 5) is 10.9. The van der Waals surface area contributed by atoms with Crippen molar-refractivity contribution in [3.63, 3.8) is 0 Å². The first kappa shape index (κ1) is 10.6. The quantitative estimate of drug-likeness (QED) is 0.614. The largest absolute Gasteiger partial charge is 0.273 e. The average molecular weight is 182 g/mol. The minimum absolute atomic E-state index is 0.0538. The summed E-state index contributed by atoms with van der Waals surface area (Å²) in [7, 11) is 0. The minimum Gasteiger partial charge on any atom is -0.273 e. The van der Waals surface area contributed by atoms with E-state index in [1.54, 1.807) is 0 Å². The Kier molecular flexibility index (Phi) is 4.87. The van der Waals surface area contributed by atoms with Crippen LogP contribution in [0.4, 0.5) is 0 Å². The lowest BCUT2D eigenvalue weighted by molar-refractivity contribution is -0.123. The fourth-order valence-corrected chi connectivity index (χ4v) is 2.07. The van der Waals surface area contributed by atoms with Crippen LogP contribution in [0, 0.1) is 5.92 Å². The Balaban J connectivity index is 2.30. The summed E-state index contributed by atoms with van der Waals surface area (Å²) >= 11 is 0. The van der Waals surface area contributed by atoms with E-state index in [1.807, 2.05) is 0 Å². The highest BCUT2D eigenvalue weighted by Gasteiger charge is 2.15. The van der Waals surface area contributed by atoms with Crippen LogP contribution in [0.15, 0.2) is 0 Å². The minimum atomic E-state index is -0.333. The smallest absolute Gasteiger partial charge is 0.241 e. The molecular formula is C11H20NO. The van der Waals surface area contributed by atoms with Crippen LogP contribution < -0.4 is 5.73 Å². The second-order valence-corrected chi connectivity index (χ2v) is 4.11. The van der Waals surface area contributed by atoms with Crippen LogP contribution in [0.2, 0.25) is 0 Å². The number of nitrogens with one attached hydrogen (secondary N) is 1. The van der Waals surface area contributed by atoms with Gasteiger partial charge >= 0.3 is 0 Å². The Morgan fingerprint density at radius 1 is 0.846 bits per heavy atom. The standard InChI is InChI=1S/C11H20NO/c12-11(13)10-8-6-4-2-1-3-5-7-9-10/h10,12H,1-9H2. The Labute approximate surface area is 80.9 Å². The molecule has 2 heteroatoms. The van der Waals surface area contributed by atoms with Crippen LogP contribution in [-0.4, -0.2) is 5.91 Å². The van der Waals surface area contributed by atoms with Gasteiger partial charge in [-0.1, -0.05) is 44.9 Å². The van der Waals surface area contributed by atoms with Gasteiger partial charge in [0.15, 0.2) is 0 Å². The van der Waals surface area contributed by atoms with E-state index in [0.29, 0.717) is 0 Å². The molecule has 1 aliphatic carbocycles. The van der Waals surface area contributed by atoms with Crippen molar-refractivity contribution in [2.75, 3.05) is 0 Å². The molecule has 2 nitrogen and oxygen atoms in total. The maximum atomic E-state index is 10.9. The predicted octanol–water partition coefficient (Wildman–Crippen LogP) is 2.94. The molecule has 1 N–H and O–H groups in total. The average Bonchev–Trinajstić information content (AvgIpc) is 2.14. The molecule has 1 aliphatic rings. The summed E-state index contributed by atoms with van der Waals surface area (Å²) in [6.07, 6.45) is 10.7. The van der Waals surface area contributed by atoms with Crippen molar-refractivity contribution in [3.8, 4) is 0 Å². The molecule has 1 rings (SSSR count). The molecule has 1 saturated carbocycles. The lowest BCUT2D eigenvalue weighted by atomic mass is 9.92. The second-order valence-electron chi connectivity index (χ2n) is 4.11. The molecule has 13 heavy (non-hydrogen) atoms. The van der Waals surface area contributed by atoms with Gasteiger partial charge in [-0.15, -0.1) is 0 Å². The monoisotopic (exact) mass is 182 g/mol. The molecule has 0 aromatic heterocycles. The van der Waals surface area contributed by atoms with Gasteiger partial charge in [0.2, 0.25) is 5.91 Å². The molecule has 75 valence electrons. The van der Waals surface area contributed by atoms with E-state index in [1.165, 1.54) is 32.1 Å². The molecular weight excluding hydrogens is 162 g/mol. The summed E-state index contributed by atoms with van der Waals surface area (Å²) in [5.74, 6) is -0.279. The zero-order chi connectivity index (χ0) is 9.52. The van der Waals surface area contributed by atoms with E-state index in [2.05, 4.69) is 0 Å². The van der Waals surface area contributed by atoms with Gasteiger partial charge in [0.25, 0.3) is 0 Å². The first-order valence-corrected chi connectivity index (χ1v) is 5.56. The third-order valence-corrected chi connectivity index (χ3v) is 2.98. The van der Waals surface area contributed by atoms with Crippen molar-refractivity contribution < 1.29 is 4.79 Å². The molecule has 1 amide bonds. The van der Waals surface area contributed by atoms with Gasteiger partial charge in [-0.25, -0.2) is 0 Å². The highest BCUT2D eigenvalue weighted by Crippen LogP contribution is 2.21. The molecule has 0 saturated heterocycles. The highest BCUT2D eigenvalue weighted by atomic mass is 16.1. The van der Waals surface area contributed by atoms with Gasteiger partial charge in [-0.05, 0) is 12.8 Å². The zero-order valence-electron chi connectivity index (χ0n) is 8.35. The first-order chi connectivity index (χ1) is 6.30. The lowest BCUT2D eigenvalue weighted by Crippen LogP contribution is -2.15. The molecule has 0 spiro atoms. The summed E-state index contributed by atoms with van der Waals surface area (Å²) in [6.45, 7) is 0. The van der Waals surface area contributed by atoms with Crippen LogP contribution in [0.3, 0.4) is 0 Å². The maximum Gasteiger partial charge on any atom is 0.241 e. The number of carbonyl (C=O) groups excluding carboxylic acids is 1. The Morgan fingerprint density at radius 3 is 1.62 bits per heavy atom. The second kappa shape index (κ2) is 6.01. The van der Waals surface area contributed by atoms with Crippen LogP contribution in [0.5, 0.6) is 0 Å². The van der Waals surface area contributed by atoms with Gasteiger partial charge in [-0.3, -0.25) is 10.5 Å². The summed E-state index contributed by atoms with van der Waals surface area (Å²) < 4.78 is 0. The highest BCUT2D eigenvalue weighted by molar-refractivity contribution is 5.75. The van der Waals surface area contributed by atoms with Gasteiger partial charge in [0.1, 0.15) is 0 Å². The fourth-order valence-electron chi connectivity index (χ4n) is 2.07. The van der Waals surface area contributed by atoms with E-state index in [9.17, 15) is 4.79 Å². The van der Waals surface area contributed by atoms with Crippen molar-refractivity contribution >= 4 is 5.91 Å². The number of hydrogen-bond acceptors (Lipinski definition) is 1. The molecule has 0 unspecified atom stereocenters. The molecule has 0 aromatic rings. The van der Waals surface area contributed by atoms with Crippen molar-refractivity contribution in [2.45, 2.75) is 57.8 Å². The SMILES string of the molecule is [NH]C(=O)C1CCCCCCCCC1. The molecule has 0 bridgehead atoms. The van der Waals surface area contributed by atoms with Crippen LogP contribution in [0.25, 0.3) is 0 Å². The van der Waals surface area contributed by atoms with Crippen LogP contribution >= 0.6 is 0 Å². The first-order valence-electron chi connectivity index (χ1n) is 5.56. The van der Waals surface area contributed by atoms with Crippen molar-refractivity contribution in [1.82, 2.24) is 5.73 Å². The van der Waals surface area contributed by atoms with Gasteiger partial charge in [0, 0.05) is 5.92 Å². The van der Waals surface area contributed by atoms with E-state index in [-0.39, 0.29) is 11.8 Å². The lowest BCUT2D eigenvalue weighted by Gasteiger charge is -2.14. The Hall–Kier alpha value is -0.530. The summed E-state index contributed by atoms with van der Waals surface area (Å²) in [6, 6.07) is 0. The number of amides is 1. The molecule has 0 aromatic carbocycles. The molecule has 1 radical (unpaired) electrons. The molecule has 0 aliphatic heterocycles. The summed E-state index contributed by atoms with van der Waals surface area (Å²) in [5.41, 5.74) is 7.13. The van der Waals surface area contributed by atoms with Gasteiger partial charge in [-0.2, -0.15) is 0 Å². The number of carbonyl (C=O) groups is 1. The molecule has 1 fully saturated rings.